The molecule has 0 aromatic rings. The summed E-state index contributed by atoms with van der Waals surface area (Å²) in [6.07, 6.45) is 13.6. The maximum atomic E-state index is 6.03. The molecule has 0 unspecified atom stereocenters. The highest BCUT2D eigenvalue weighted by molar-refractivity contribution is 4.83. The highest BCUT2D eigenvalue weighted by Gasteiger charge is 2.23. The molecule has 1 rings (SSSR count). The van der Waals surface area contributed by atoms with Crippen LogP contribution in [0.2, 0.25) is 0 Å². The van der Waals surface area contributed by atoms with Gasteiger partial charge < -0.3 is 9.47 Å². The first-order chi connectivity index (χ1) is 9.26. The van der Waals surface area contributed by atoms with Gasteiger partial charge in [0.25, 0.3) is 0 Å². The van der Waals surface area contributed by atoms with Crippen molar-refractivity contribution < 1.29 is 9.47 Å². The van der Waals surface area contributed by atoms with Gasteiger partial charge in [0, 0.05) is 12.8 Å². The maximum Gasteiger partial charge on any atom is 0.199 e. The molecule has 19 heavy (non-hydrogen) atoms. The number of hydrogen-bond donors (Lipinski definition) is 0. The lowest BCUT2D eigenvalue weighted by atomic mass is 10.0. The minimum absolute atomic E-state index is 0.0331. The summed E-state index contributed by atoms with van der Waals surface area (Å²) in [4.78, 5) is 0. The van der Waals surface area contributed by atoms with Gasteiger partial charge in [0.1, 0.15) is 0 Å². The van der Waals surface area contributed by atoms with E-state index in [4.69, 9.17) is 9.47 Å². The fourth-order valence-electron chi connectivity index (χ4n) is 2.58. The Hall–Kier alpha value is -0.500. The van der Waals surface area contributed by atoms with E-state index in [1.165, 1.54) is 51.4 Å². The predicted octanol–water partition coefficient (Wildman–Crippen LogP) is 5.57. The number of hydrogen-bond acceptors (Lipinski definition) is 2. The van der Waals surface area contributed by atoms with Crippen LogP contribution in [-0.4, -0.2) is 12.4 Å². The van der Waals surface area contributed by atoms with E-state index < -0.39 is 0 Å². The van der Waals surface area contributed by atoms with E-state index in [0.29, 0.717) is 6.10 Å². The number of allylic oxidation sites excluding steroid dienone is 1. The van der Waals surface area contributed by atoms with E-state index in [2.05, 4.69) is 20.4 Å². The van der Waals surface area contributed by atoms with Crippen molar-refractivity contribution in [1.29, 1.82) is 0 Å². The zero-order chi connectivity index (χ0) is 13.9. The molecule has 1 saturated heterocycles. The van der Waals surface area contributed by atoms with Crippen LogP contribution in [0.25, 0.3) is 0 Å². The zero-order valence-electron chi connectivity index (χ0n) is 13.0. The standard InChI is InChI=1S/C17H32O2/c1-4-6-8-9-12-16-13-10-14-17(19-16)18-15(3)11-7-5-2/h16-17H,3-14H2,1-2H3/t16-,17-/m1/s1. The Morgan fingerprint density at radius 1 is 1.11 bits per heavy atom. The smallest absolute Gasteiger partial charge is 0.199 e. The van der Waals surface area contributed by atoms with Crippen LogP contribution in [0.4, 0.5) is 0 Å². The second kappa shape index (κ2) is 10.3. The molecule has 1 aliphatic rings. The van der Waals surface area contributed by atoms with Crippen molar-refractivity contribution >= 4 is 0 Å². The van der Waals surface area contributed by atoms with Gasteiger partial charge in [0.15, 0.2) is 6.29 Å². The first-order valence-electron chi connectivity index (χ1n) is 8.26. The number of ether oxygens (including phenoxy) is 2. The molecule has 0 spiro atoms. The summed E-state index contributed by atoms with van der Waals surface area (Å²) < 4.78 is 11.9. The first kappa shape index (κ1) is 16.6. The lowest BCUT2D eigenvalue weighted by Gasteiger charge is -2.31. The molecule has 1 heterocycles. The molecule has 1 fully saturated rings. The van der Waals surface area contributed by atoms with Crippen LogP contribution >= 0.6 is 0 Å². The number of unbranched alkanes of at least 4 members (excludes halogenated alkanes) is 4. The van der Waals surface area contributed by atoms with Crippen LogP contribution < -0.4 is 0 Å². The van der Waals surface area contributed by atoms with Crippen LogP contribution in [-0.2, 0) is 9.47 Å². The Balaban J connectivity index is 2.16. The van der Waals surface area contributed by atoms with Crippen molar-refractivity contribution in [3.8, 4) is 0 Å². The van der Waals surface area contributed by atoms with Crippen molar-refractivity contribution in [2.24, 2.45) is 0 Å². The van der Waals surface area contributed by atoms with Crippen molar-refractivity contribution in [3.63, 3.8) is 0 Å². The third kappa shape index (κ3) is 7.61. The van der Waals surface area contributed by atoms with Crippen molar-refractivity contribution in [3.05, 3.63) is 12.3 Å². The predicted molar refractivity (Wildman–Crippen MR) is 81.0 cm³/mol. The van der Waals surface area contributed by atoms with Crippen molar-refractivity contribution in [1.82, 2.24) is 0 Å². The van der Waals surface area contributed by atoms with E-state index in [0.717, 1.165) is 25.0 Å². The molecule has 0 saturated carbocycles. The molecule has 0 radical (unpaired) electrons. The summed E-state index contributed by atoms with van der Waals surface area (Å²) in [6.45, 7) is 8.44. The molecule has 112 valence electrons. The Labute approximate surface area is 119 Å². The summed E-state index contributed by atoms with van der Waals surface area (Å²) >= 11 is 0. The fraction of sp³-hybridized carbons (Fsp3) is 0.882. The molecule has 0 aromatic carbocycles. The molecule has 0 aromatic heterocycles. The Morgan fingerprint density at radius 2 is 1.89 bits per heavy atom. The molecular formula is C17H32O2. The molecule has 0 amide bonds. The first-order valence-corrected chi connectivity index (χ1v) is 8.26. The second-order valence-corrected chi connectivity index (χ2v) is 5.73. The van der Waals surface area contributed by atoms with Gasteiger partial charge in [0.2, 0.25) is 0 Å². The normalized spacial score (nSPS) is 23.3. The monoisotopic (exact) mass is 268 g/mol. The summed E-state index contributed by atoms with van der Waals surface area (Å²) in [5.74, 6) is 0.901. The SMILES string of the molecule is C=C(CCCC)O[C@H]1CCC[C@@H](CCCCCC)O1. The van der Waals surface area contributed by atoms with Crippen molar-refractivity contribution in [2.45, 2.75) is 96.9 Å². The van der Waals surface area contributed by atoms with E-state index in [1.54, 1.807) is 0 Å². The summed E-state index contributed by atoms with van der Waals surface area (Å²) in [5.41, 5.74) is 0. The minimum Gasteiger partial charge on any atom is -0.470 e. The van der Waals surface area contributed by atoms with Gasteiger partial charge in [0.05, 0.1) is 11.9 Å². The molecule has 2 atom stereocenters. The van der Waals surface area contributed by atoms with E-state index in [-0.39, 0.29) is 6.29 Å². The van der Waals surface area contributed by atoms with Crippen LogP contribution in [0.15, 0.2) is 12.3 Å². The van der Waals surface area contributed by atoms with E-state index in [9.17, 15) is 0 Å². The lowest BCUT2D eigenvalue weighted by molar-refractivity contribution is -0.177. The van der Waals surface area contributed by atoms with Gasteiger partial charge in [-0.3, -0.25) is 0 Å². The third-order valence-corrected chi connectivity index (χ3v) is 3.80. The van der Waals surface area contributed by atoms with Crippen LogP contribution in [0.1, 0.15) is 84.5 Å². The molecule has 0 N–H and O–H groups in total. The fourth-order valence-corrected chi connectivity index (χ4v) is 2.58. The van der Waals surface area contributed by atoms with Crippen LogP contribution in [0, 0.1) is 0 Å². The Morgan fingerprint density at radius 3 is 2.63 bits per heavy atom. The lowest BCUT2D eigenvalue weighted by Crippen LogP contribution is -2.29. The zero-order valence-corrected chi connectivity index (χ0v) is 13.0. The van der Waals surface area contributed by atoms with Crippen LogP contribution in [0.3, 0.4) is 0 Å². The Bertz CT molecular complexity index is 237. The van der Waals surface area contributed by atoms with E-state index in [1.807, 2.05) is 0 Å². The average Bonchev–Trinajstić information content (AvgIpc) is 2.42. The van der Waals surface area contributed by atoms with Gasteiger partial charge in [-0.25, -0.2) is 0 Å². The van der Waals surface area contributed by atoms with Gasteiger partial charge in [-0.1, -0.05) is 52.5 Å². The third-order valence-electron chi connectivity index (χ3n) is 3.80. The molecule has 0 aliphatic carbocycles. The summed E-state index contributed by atoms with van der Waals surface area (Å²) in [6, 6.07) is 0. The summed E-state index contributed by atoms with van der Waals surface area (Å²) in [5, 5.41) is 0. The largest absolute Gasteiger partial charge is 0.470 e. The topological polar surface area (TPSA) is 18.5 Å². The quantitative estimate of drug-likeness (QED) is 0.381. The van der Waals surface area contributed by atoms with Gasteiger partial charge in [-0.2, -0.15) is 0 Å². The van der Waals surface area contributed by atoms with Gasteiger partial charge in [-0.15, -0.1) is 0 Å². The molecule has 2 nitrogen and oxygen atoms in total. The molecular weight excluding hydrogens is 236 g/mol. The van der Waals surface area contributed by atoms with Crippen molar-refractivity contribution in [2.75, 3.05) is 0 Å². The highest BCUT2D eigenvalue weighted by Crippen LogP contribution is 2.25. The molecule has 0 bridgehead atoms. The highest BCUT2D eigenvalue weighted by atomic mass is 16.7. The number of rotatable bonds is 10. The average molecular weight is 268 g/mol. The van der Waals surface area contributed by atoms with E-state index >= 15 is 0 Å². The second-order valence-electron chi connectivity index (χ2n) is 5.73. The Kier molecular flexibility index (Phi) is 8.98. The van der Waals surface area contributed by atoms with Gasteiger partial charge >= 0.3 is 0 Å². The minimum atomic E-state index is -0.0331. The maximum absolute atomic E-state index is 6.03. The summed E-state index contributed by atoms with van der Waals surface area (Å²) in [7, 11) is 0. The molecule has 1 aliphatic heterocycles. The van der Waals surface area contributed by atoms with Gasteiger partial charge in [-0.05, 0) is 25.7 Å². The molecule has 2 heteroatoms. The van der Waals surface area contributed by atoms with Crippen LogP contribution in [0.5, 0.6) is 0 Å².